The largest absolute Gasteiger partial charge is 0.465 e. The second kappa shape index (κ2) is 8.16. The number of amides is 2. The molecule has 2 aromatic rings. The van der Waals surface area contributed by atoms with Crippen molar-refractivity contribution in [3.05, 3.63) is 52.1 Å². The second-order valence-corrected chi connectivity index (χ2v) is 7.08. The number of carbonyl (C=O) groups excluding carboxylic acids is 2. The first-order chi connectivity index (χ1) is 12.2. The molecular weight excluding hydrogens is 336 g/mol. The van der Waals surface area contributed by atoms with Gasteiger partial charge in [-0.2, -0.15) is 0 Å². The maximum atomic E-state index is 12.9. The summed E-state index contributed by atoms with van der Waals surface area (Å²) in [6, 6.07) is 5.12. The third kappa shape index (κ3) is 4.39. The van der Waals surface area contributed by atoms with Crippen molar-refractivity contribution in [3.63, 3.8) is 0 Å². The van der Waals surface area contributed by atoms with Crippen LogP contribution in [0, 0.1) is 0 Å². The van der Waals surface area contributed by atoms with Crippen LogP contribution in [-0.2, 0) is 22.6 Å². The van der Waals surface area contributed by atoms with Crippen LogP contribution in [0.25, 0.3) is 6.08 Å². The molecular formula is C19H22N2O3S. The molecule has 0 aliphatic carbocycles. The summed E-state index contributed by atoms with van der Waals surface area (Å²) in [5.74, 6) is 0.324. The van der Waals surface area contributed by atoms with Gasteiger partial charge in [0.25, 0.3) is 0 Å². The van der Waals surface area contributed by atoms with Gasteiger partial charge in [0.05, 0.1) is 6.26 Å². The fourth-order valence-electron chi connectivity index (χ4n) is 2.97. The summed E-state index contributed by atoms with van der Waals surface area (Å²) in [6.07, 6.45) is 6.91. The maximum Gasteiger partial charge on any atom is 0.245 e. The van der Waals surface area contributed by atoms with Crippen molar-refractivity contribution in [1.82, 2.24) is 10.2 Å². The lowest BCUT2D eigenvalue weighted by Crippen LogP contribution is -2.49. The van der Waals surface area contributed by atoms with Crippen molar-refractivity contribution in [2.45, 2.75) is 38.8 Å². The van der Waals surface area contributed by atoms with E-state index in [2.05, 4.69) is 16.8 Å². The van der Waals surface area contributed by atoms with E-state index in [0.29, 0.717) is 25.3 Å². The van der Waals surface area contributed by atoms with Crippen molar-refractivity contribution in [2.75, 3.05) is 6.54 Å². The molecule has 0 spiro atoms. The van der Waals surface area contributed by atoms with E-state index in [0.717, 1.165) is 12.8 Å². The Balaban J connectivity index is 1.62. The van der Waals surface area contributed by atoms with Gasteiger partial charge < -0.3 is 14.6 Å². The highest BCUT2D eigenvalue weighted by atomic mass is 32.1. The first-order valence-electron chi connectivity index (χ1n) is 8.53. The van der Waals surface area contributed by atoms with Crippen LogP contribution >= 0.6 is 11.3 Å². The van der Waals surface area contributed by atoms with Crippen LogP contribution in [0.1, 0.15) is 36.0 Å². The lowest BCUT2D eigenvalue weighted by atomic mass is 10.1. The number of fused-ring (bicyclic) bond motifs is 1. The molecule has 0 saturated carbocycles. The van der Waals surface area contributed by atoms with E-state index in [-0.39, 0.29) is 11.8 Å². The molecule has 0 saturated heterocycles. The Kier molecular flexibility index (Phi) is 5.71. The van der Waals surface area contributed by atoms with Gasteiger partial charge in [0, 0.05) is 24.0 Å². The van der Waals surface area contributed by atoms with Gasteiger partial charge >= 0.3 is 0 Å². The number of rotatable bonds is 6. The normalized spacial score (nSPS) is 15.2. The molecule has 2 aromatic heterocycles. The fourth-order valence-corrected chi connectivity index (χ4v) is 3.86. The average molecular weight is 358 g/mol. The molecule has 1 aliphatic rings. The lowest BCUT2D eigenvalue weighted by Gasteiger charge is -2.30. The van der Waals surface area contributed by atoms with Gasteiger partial charge in [0.2, 0.25) is 11.8 Å². The Bertz CT molecular complexity index is 749. The van der Waals surface area contributed by atoms with Crippen molar-refractivity contribution in [3.8, 4) is 0 Å². The van der Waals surface area contributed by atoms with Crippen molar-refractivity contribution in [1.29, 1.82) is 0 Å². The third-order valence-corrected chi connectivity index (χ3v) is 5.28. The van der Waals surface area contributed by atoms with E-state index >= 15 is 0 Å². The van der Waals surface area contributed by atoms with E-state index < -0.39 is 6.04 Å². The summed E-state index contributed by atoms with van der Waals surface area (Å²) in [5.41, 5.74) is 1.23. The standard InChI is InChI=1S/C19H22N2O3S/c1-2-4-16(20-18(22)7-6-15-5-3-11-24-15)19(23)21-10-8-17-14(13-21)9-12-25-17/h3,5-7,9,11-12,16H,2,4,8,10,13H2,1H3,(H,20,22). The van der Waals surface area contributed by atoms with Crippen LogP contribution < -0.4 is 5.32 Å². The predicted molar refractivity (Wildman–Crippen MR) is 98.0 cm³/mol. The first-order valence-corrected chi connectivity index (χ1v) is 9.41. The van der Waals surface area contributed by atoms with Crippen molar-refractivity contribution >= 4 is 29.2 Å². The fraction of sp³-hybridized carbons (Fsp3) is 0.368. The Hall–Kier alpha value is -2.34. The molecule has 3 heterocycles. The van der Waals surface area contributed by atoms with E-state index in [1.165, 1.54) is 16.5 Å². The van der Waals surface area contributed by atoms with Crippen molar-refractivity contribution in [2.24, 2.45) is 0 Å². The highest BCUT2D eigenvalue weighted by molar-refractivity contribution is 7.10. The van der Waals surface area contributed by atoms with Gasteiger partial charge in [-0.1, -0.05) is 13.3 Å². The summed E-state index contributed by atoms with van der Waals surface area (Å²) >= 11 is 1.75. The average Bonchev–Trinajstić information content (AvgIpc) is 3.29. The molecule has 1 N–H and O–H groups in total. The first kappa shape index (κ1) is 17.5. The van der Waals surface area contributed by atoms with Crippen LogP contribution in [0.15, 0.2) is 40.3 Å². The number of carbonyl (C=O) groups is 2. The molecule has 5 nitrogen and oxygen atoms in total. The van der Waals surface area contributed by atoms with Gasteiger partial charge in [0.1, 0.15) is 11.8 Å². The smallest absolute Gasteiger partial charge is 0.245 e. The zero-order valence-electron chi connectivity index (χ0n) is 14.2. The van der Waals surface area contributed by atoms with E-state index in [9.17, 15) is 9.59 Å². The molecule has 6 heteroatoms. The number of nitrogens with zero attached hydrogens (tertiary/aromatic N) is 1. The molecule has 1 atom stereocenters. The van der Waals surface area contributed by atoms with Gasteiger partial charge in [-0.3, -0.25) is 9.59 Å². The van der Waals surface area contributed by atoms with Crippen LogP contribution in [-0.4, -0.2) is 29.3 Å². The molecule has 0 aromatic carbocycles. The van der Waals surface area contributed by atoms with Gasteiger partial charge in [-0.05, 0) is 48.1 Å². The Morgan fingerprint density at radius 2 is 2.32 bits per heavy atom. The summed E-state index contributed by atoms with van der Waals surface area (Å²) < 4.78 is 5.16. The summed E-state index contributed by atoms with van der Waals surface area (Å²) in [5, 5.41) is 4.91. The van der Waals surface area contributed by atoms with E-state index in [1.807, 2.05) is 11.8 Å². The SMILES string of the molecule is CCCC(NC(=O)C=Cc1ccco1)C(=O)N1CCc2sccc2C1. The third-order valence-electron chi connectivity index (χ3n) is 4.25. The molecule has 132 valence electrons. The highest BCUT2D eigenvalue weighted by Crippen LogP contribution is 2.24. The lowest BCUT2D eigenvalue weighted by molar-refractivity contribution is -0.136. The number of hydrogen-bond donors (Lipinski definition) is 1. The number of furan rings is 1. The summed E-state index contributed by atoms with van der Waals surface area (Å²) in [7, 11) is 0. The Morgan fingerprint density at radius 1 is 1.44 bits per heavy atom. The molecule has 0 bridgehead atoms. The molecule has 2 amide bonds. The van der Waals surface area contributed by atoms with E-state index in [1.54, 1.807) is 35.8 Å². The number of hydrogen-bond acceptors (Lipinski definition) is 4. The predicted octanol–water partition coefficient (Wildman–Crippen LogP) is 3.22. The second-order valence-electron chi connectivity index (χ2n) is 6.08. The minimum atomic E-state index is -0.487. The number of nitrogens with one attached hydrogen (secondary N) is 1. The number of thiophene rings is 1. The highest BCUT2D eigenvalue weighted by Gasteiger charge is 2.28. The minimum absolute atomic E-state index is 0.00144. The molecule has 1 unspecified atom stereocenters. The van der Waals surface area contributed by atoms with E-state index in [4.69, 9.17) is 4.42 Å². The molecule has 1 aliphatic heterocycles. The van der Waals surface area contributed by atoms with Gasteiger partial charge in [-0.25, -0.2) is 0 Å². The Morgan fingerprint density at radius 3 is 3.08 bits per heavy atom. The maximum absolute atomic E-state index is 12.9. The molecule has 0 radical (unpaired) electrons. The van der Waals surface area contributed by atoms with Crippen molar-refractivity contribution < 1.29 is 14.0 Å². The minimum Gasteiger partial charge on any atom is -0.465 e. The van der Waals surface area contributed by atoms with Crippen LogP contribution in [0.2, 0.25) is 0 Å². The molecule has 25 heavy (non-hydrogen) atoms. The monoisotopic (exact) mass is 358 g/mol. The quantitative estimate of drug-likeness (QED) is 0.807. The zero-order valence-corrected chi connectivity index (χ0v) is 15.1. The topological polar surface area (TPSA) is 62.6 Å². The summed E-state index contributed by atoms with van der Waals surface area (Å²) in [4.78, 5) is 28.2. The molecule has 3 rings (SSSR count). The zero-order chi connectivity index (χ0) is 17.6. The molecule has 0 fully saturated rings. The van der Waals surface area contributed by atoms with Crippen LogP contribution in [0.3, 0.4) is 0 Å². The van der Waals surface area contributed by atoms with Gasteiger partial charge in [-0.15, -0.1) is 11.3 Å². The van der Waals surface area contributed by atoms with Crippen LogP contribution in [0.5, 0.6) is 0 Å². The summed E-state index contributed by atoms with van der Waals surface area (Å²) in [6.45, 7) is 3.36. The van der Waals surface area contributed by atoms with Gasteiger partial charge in [0.15, 0.2) is 0 Å². The van der Waals surface area contributed by atoms with Crippen LogP contribution in [0.4, 0.5) is 0 Å². The Labute approximate surface area is 151 Å².